The Kier molecular flexibility index (Phi) is 2.27. The minimum Gasteiger partial charge on any atom is -0.457 e. The molecule has 0 aromatic heterocycles. The zero-order chi connectivity index (χ0) is 10.2. The first-order valence-electron chi connectivity index (χ1n) is 4.40. The van der Waals surface area contributed by atoms with Crippen molar-refractivity contribution < 1.29 is 9.47 Å². The highest BCUT2D eigenvalue weighted by Crippen LogP contribution is 2.31. The van der Waals surface area contributed by atoms with Crippen LogP contribution in [0.25, 0.3) is 5.76 Å². The van der Waals surface area contributed by atoms with Gasteiger partial charge < -0.3 is 9.47 Å². The molecular weight excluding hydrogens is 244 g/mol. The molecule has 1 aromatic rings. The number of hydrogen-bond donors (Lipinski definition) is 0. The lowest BCUT2D eigenvalue weighted by Crippen LogP contribution is -2.19. The summed E-state index contributed by atoms with van der Waals surface area (Å²) in [4.78, 5) is 0. The largest absolute Gasteiger partial charge is 0.457 e. The molecule has 2 nitrogen and oxygen atoms in total. The topological polar surface area (TPSA) is 18.5 Å². The zero-order valence-electron chi connectivity index (χ0n) is 8.08. The van der Waals surface area contributed by atoms with Gasteiger partial charge in [0.05, 0.1) is 0 Å². The Morgan fingerprint density at radius 1 is 1.14 bits per heavy atom. The fourth-order valence-corrected chi connectivity index (χ4v) is 1.51. The number of ether oxygens (including phenoxy) is 2. The van der Waals surface area contributed by atoms with Crippen molar-refractivity contribution in [3.05, 3.63) is 40.6 Å². The van der Waals surface area contributed by atoms with E-state index in [-0.39, 0.29) is 0 Å². The molecule has 2 rings (SSSR count). The summed E-state index contributed by atoms with van der Waals surface area (Å²) >= 11 is 3.38. The summed E-state index contributed by atoms with van der Waals surface area (Å²) in [6.07, 6.45) is 1.66. The minimum atomic E-state index is -0.539. The molecule has 14 heavy (non-hydrogen) atoms. The van der Waals surface area contributed by atoms with E-state index in [9.17, 15) is 0 Å². The van der Waals surface area contributed by atoms with Gasteiger partial charge in [0.15, 0.2) is 5.76 Å². The molecule has 1 heterocycles. The van der Waals surface area contributed by atoms with Crippen LogP contribution in [-0.2, 0) is 9.47 Å². The van der Waals surface area contributed by atoms with Gasteiger partial charge in [0, 0.05) is 23.9 Å². The molecule has 1 aromatic carbocycles. The molecule has 3 heteroatoms. The number of halogens is 1. The smallest absolute Gasteiger partial charge is 0.245 e. The highest BCUT2D eigenvalue weighted by atomic mass is 79.9. The van der Waals surface area contributed by atoms with Gasteiger partial charge in [-0.05, 0) is 12.1 Å². The van der Waals surface area contributed by atoms with E-state index < -0.39 is 5.79 Å². The van der Waals surface area contributed by atoms with Gasteiger partial charge in [-0.25, -0.2) is 0 Å². The molecule has 0 aliphatic carbocycles. The summed E-state index contributed by atoms with van der Waals surface area (Å²) in [7, 11) is 0. The van der Waals surface area contributed by atoms with Crippen molar-refractivity contribution in [1.82, 2.24) is 0 Å². The van der Waals surface area contributed by atoms with Gasteiger partial charge in [-0.2, -0.15) is 0 Å². The molecular formula is C11H11BrO2. The number of hydrogen-bond acceptors (Lipinski definition) is 2. The fraction of sp³-hybridized carbons (Fsp3) is 0.273. The molecule has 1 aliphatic rings. The summed E-state index contributed by atoms with van der Waals surface area (Å²) in [5.41, 5.74) is 1.03. The number of rotatable bonds is 1. The third-order valence-corrected chi connectivity index (χ3v) is 2.46. The Balaban J connectivity index is 2.22. The van der Waals surface area contributed by atoms with Crippen LogP contribution in [-0.4, -0.2) is 5.79 Å². The predicted octanol–water partition coefficient (Wildman–Crippen LogP) is 3.53. The summed E-state index contributed by atoms with van der Waals surface area (Å²) in [5.74, 6) is 0.241. The first kappa shape index (κ1) is 9.59. The highest BCUT2D eigenvalue weighted by molar-refractivity contribution is 9.10. The predicted molar refractivity (Wildman–Crippen MR) is 58.4 cm³/mol. The van der Waals surface area contributed by atoms with Crippen molar-refractivity contribution in [2.45, 2.75) is 19.6 Å². The maximum Gasteiger partial charge on any atom is 0.245 e. The molecule has 0 saturated heterocycles. The first-order chi connectivity index (χ1) is 6.57. The second kappa shape index (κ2) is 3.31. The SMILES string of the molecule is CC1(C)OC=C(c2ccc(Br)cc2)O1. The zero-order valence-corrected chi connectivity index (χ0v) is 9.67. The molecule has 0 spiro atoms. The molecule has 0 radical (unpaired) electrons. The average molecular weight is 255 g/mol. The van der Waals surface area contributed by atoms with Gasteiger partial charge in [-0.3, -0.25) is 0 Å². The molecule has 0 amide bonds. The summed E-state index contributed by atoms with van der Waals surface area (Å²) < 4.78 is 12.0. The van der Waals surface area contributed by atoms with Crippen molar-refractivity contribution >= 4 is 21.7 Å². The van der Waals surface area contributed by atoms with E-state index in [1.54, 1.807) is 6.26 Å². The molecule has 0 unspecified atom stereocenters. The molecule has 0 N–H and O–H groups in total. The van der Waals surface area contributed by atoms with E-state index in [1.165, 1.54) is 0 Å². The van der Waals surface area contributed by atoms with Gasteiger partial charge in [-0.15, -0.1) is 0 Å². The van der Waals surface area contributed by atoms with Crippen molar-refractivity contribution in [3.63, 3.8) is 0 Å². The Bertz CT molecular complexity index is 365. The second-order valence-electron chi connectivity index (χ2n) is 3.61. The van der Waals surface area contributed by atoms with Gasteiger partial charge >= 0.3 is 0 Å². The van der Waals surface area contributed by atoms with Gasteiger partial charge in [0.1, 0.15) is 6.26 Å². The summed E-state index contributed by atoms with van der Waals surface area (Å²) in [6.45, 7) is 3.77. The van der Waals surface area contributed by atoms with Crippen molar-refractivity contribution in [3.8, 4) is 0 Å². The molecule has 0 atom stereocenters. The average Bonchev–Trinajstić information content (AvgIpc) is 2.47. The number of benzene rings is 1. The van der Waals surface area contributed by atoms with Crippen LogP contribution in [0, 0.1) is 0 Å². The molecule has 74 valence electrons. The van der Waals surface area contributed by atoms with Crippen molar-refractivity contribution in [1.29, 1.82) is 0 Å². The van der Waals surface area contributed by atoms with E-state index in [0.29, 0.717) is 0 Å². The van der Waals surface area contributed by atoms with E-state index >= 15 is 0 Å². The normalized spacial score (nSPS) is 18.4. The highest BCUT2D eigenvalue weighted by Gasteiger charge is 2.28. The molecule has 1 aliphatic heterocycles. The van der Waals surface area contributed by atoms with Gasteiger partial charge in [0.2, 0.25) is 5.79 Å². The van der Waals surface area contributed by atoms with E-state index in [4.69, 9.17) is 9.47 Å². The van der Waals surface area contributed by atoms with Crippen molar-refractivity contribution in [2.24, 2.45) is 0 Å². The lowest BCUT2D eigenvalue weighted by molar-refractivity contribution is -0.102. The minimum absolute atomic E-state index is 0.539. The lowest BCUT2D eigenvalue weighted by Gasteiger charge is -2.18. The molecule has 0 saturated carbocycles. The van der Waals surface area contributed by atoms with Crippen LogP contribution in [0.4, 0.5) is 0 Å². The Labute approximate surface area is 91.7 Å². The van der Waals surface area contributed by atoms with E-state index in [0.717, 1.165) is 15.8 Å². The lowest BCUT2D eigenvalue weighted by atomic mass is 10.2. The van der Waals surface area contributed by atoms with Crippen LogP contribution in [0.2, 0.25) is 0 Å². The fourth-order valence-electron chi connectivity index (χ4n) is 1.25. The summed E-state index contributed by atoms with van der Waals surface area (Å²) in [5, 5.41) is 0. The van der Waals surface area contributed by atoms with Crippen LogP contribution in [0.3, 0.4) is 0 Å². The second-order valence-corrected chi connectivity index (χ2v) is 4.52. The van der Waals surface area contributed by atoms with Crippen LogP contribution in [0.1, 0.15) is 19.4 Å². The Morgan fingerprint density at radius 2 is 1.79 bits per heavy atom. The standard InChI is InChI=1S/C11H11BrO2/c1-11(2)13-7-10(14-11)8-3-5-9(12)6-4-8/h3-7H,1-2H3. The monoisotopic (exact) mass is 254 g/mol. The van der Waals surface area contributed by atoms with Gasteiger partial charge in [0.25, 0.3) is 0 Å². The summed E-state index contributed by atoms with van der Waals surface area (Å²) in [6, 6.07) is 7.93. The Morgan fingerprint density at radius 3 is 2.29 bits per heavy atom. The quantitative estimate of drug-likeness (QED) is 0.764. The third-order valence-electron chi connectivity index (χ3n) is 1.93. The van der Waals surface area contributed by atoms with Crippen LogP contribution < -0.4 is 0 Å². The van der Waals surface area contributed by atoms with E-state index in [1.807, 2.05) is 38.1 Å². The third kappa shape index (κ3) is 1.93. The van der Waals surface area contributed by atoms with Crippen LogP contribution >= 0.6 is 15.9 Å². The van der Waals surface area contributed by atoms with Crippen molar-refractivity contribution in [2.75, 3.05) is 0 Å². The molecule has 0 fully saturated rings. The maximum atomic E-state index is 5.60. The van der Waals surface area contributed by atoms with Crippen LogP contribution in [0.5, 0.6) is 0 Å². The van der Waals surface area contributed by atoms with E-state index in [2.05, 4.69) is 15.9 Å². The first-order valence-corrected chi connectivity index (χ1v) is 5.19. The Hall–Kier alpha value is -0.960. The maximum absolute atomic E-state index is 5.60. The molecule has 0 bridgehead atoms. The van der Waals surface area contributed by atoms with Crippen LogP contribution in [0.15, 0.2) is 35.0 Å². The van der Waals surface area contributed by atoms with Gasteiger partial charge in [-0.1, -0.05) is 28.1 Å².